The van der Waals surface area contributed by atoms with Gasteiger partial charge in [-0.15, -0.1) is 0 Å². The molecule has 12 heteroatoms. The summed E-state index contributed by atoms with van der Waals surface area (Å²) < 4.78 is 56.3. The molecule has 1 aromatic heterocycles. The van der Waals surface area contributed by atoms with E-state index in [4.69, 9.17) is 18.6 Å². The Morgan fingerprint density at radius 1 is 0.830 bits per heavy atom. The second-order valence-corrected chi connectivity index (χ2v) is 21.5. The summed E-state index contributed by atoms with van der Waals surface area (Å²) in [6, 6.07) is 40.0. The van der Waals surface area contributed by atoms with Gasteiger partial charge in [-0.3, -0.25) is 0 Å². The Labute approximate surface area is 314 Å². The maximum atomic E-state index is 13.8. The fourth-order valence-electron chi connectivity index (χ4n) is 7.27. The minimum absolute atomic E-state index is 0.183. The molecule has 53 heavy (non-hydrogen) atoms. The lowest BCUT2D eigenvalue weighted by Gasteiger charge is -2.49. The third-order valence-electron chi connectivity index (χ3n) is 9.83. The molecule has 5 aromatic rings. The van der Waals surface area contributed by atoms with Crippen LogP contribution in [0.2, 0.25) is 5.04 Å². The highest BCUT2D eigenvalue weighted by Crippen LogP contribution is 2.39. The van der Waals surface area contributed by atoms with Crippen molar-refractivity contribution in [2.24, 2.45) is 5.92 Å². The highest BCUT2D eigenvalue weighted by molar-refractivity contribution is 7.91. The molecule has 6 rings (SSSR count). The predicted octanol–water partition coefficient (Wildman–Crippen LogP) is 6.14. The van der Waals surface area contributed by atoms with Crippen molar-refractivity contribution >= 4 is 28.5 Å². The Morgan fingerprint density at radius 3 is 1.94 bits per heavy atom. The van der Waals surface area contributed by atoms with Crippen molar-refractivity contribution in [1.82, 2.24) is 20.2 Å². The fourth-order valence-corrected chi connectivity index (χ4v) is 13.3. The first-order chi connectivity index (χ1) is 25.3. The van der Waals surface area contributed by atoms with Crippen molar-refractivity contribution in [3.8, 4) is 5.69 Å². The Bertz CT molecular complexity index is 1970. The van der Waals surface area contributed by atoms with E-state index >= 15 is 0 Å². The SMILES string of the molecule is C[C@H](CCS(=O)(=O)c1nnnn1-c1ccccc1)[C@H]1OC(C)(C)O[C@@H](CO[Si](c2ccccc2)(c2ccccc2)C(C)(C)C)[C@@H]1OCc1ccccc1. The Hall–Kier alpha value is -4.04. The van der Waals surface area contributed by atoms with E-state index in [0.29, 0.717) is 12.3 Å². The molecule has 0 bridgehead atoms. The summed E-state index contributed by atoms with van der Waals surface area (Å²) in [5, 5.41) is 13.5. The van der Waals surface area contributed by atoms with Gasteiger partial charge in [-0.05, 0) is 69.7 Å². The lowest BCUT2D eigenvalue weighted by atomic mass is 9.92. The van der Waals surface area contributed by atoms with Crippen LogP contribution < -0.4 is 10.4 Å². The van der Waals surface area contributed by atoms with Crippen LogP contribution in [0.3, 0.4) is 0 Å². The minimum Gasteiger partial charge on any atom is -0.405 e. The number of rotatable bonds is 14. The molecule has 4 aromatic carbocycles. The molecular formula is C41H50N4O6SSi. The van der Waals surface area contributed by atoms with E-state index in [1.807, 2.05) is 81.4 Å². The van der Waals surface area contributed by atoms with Crippen molar-refractivity contribution in [3.63, 3.8) is 0 Å². The van der Waals surface area contributed by atoms with E-state index in [-0.39, 0.29) is 34.9 Å². The van der Waals surface area contributed by atoms with Crippen molar-refractivity contribution in [2.75, 3.05) is 12.4 Å². The first-order valence-electron chi connectivity index (χ1n) is 18.1. The van der Waals surface area contributed by atoms with Crippen molar-refractivity contribution < 1.29 is 27.1 Å². The van der Waals surface area contributed by atoms with Crippen LogP contribution in [-0.4, -0.2) is 73.4 Å². The highest BCUT2D eigenvalue weighted by atomic mass is 32.2. The lowest BCUT2D eigenvalue weighted by molar-refractivity contribution is -0.350. The van der Waals surface area contributed by atoms with Crippen LogP contribution in [0.4, 0.5) is 0 Å². The number of tetrazole rings is 1. The van der Waals surface area contributed by atoms with E-state index in [1.165, 1.54) is 15.1 Å². The van der Waals surface area contributed by atoms with E-state index < -0.39 is 42.3 Å². The summed E-state index contributed by atoms with van der Waals surface area (Å²) in [5.41, 5.74) is 1.57. The third kappa shape index (κ3) is 8.69. The van der Waals surface area contributed by atoms with Crippen LogP contribution in [-0.2, 0) is 35.1 Å². The molecule has 1 aliphatic rings. The van der Waals surface area contributed by atoms with Crippen molar-refractivity contribution in [3.05, 3.63) is 127 Å². The molecule has 1 aliphatic heterocycles. The summed E-state index contributed by atoms with van der Waals surface area (Å²) >= 11 is 0. The summed E-state index contributed by atoms with van der Waals surface area (Å²) in [5.74, 6) is -1.44. The first kappa shape index (κ1) is 38.7. The number of aromatic nitrogens is 4. The first-order valence-corrected chi connectivity index (χ1v) is 21.7. The number of ether oxygens (including phenoxy) is 3. The quantitative estimate of drug-likeness (QED) is 0.123. The van der Waals surface area contributed by atoms with Gasteiger partial charge in [-0.2, -0.15) is 4.68 Å². The van der Waals surface area contributed by atoms with E-state index in [1.54, 1.807) is 12.1 Å². The van der Waals surface area contributed by atoms with Crippen molar-refractivity contribution in [2.45, 2.75) is 88.9 Å². The van der Waals surface area contributed by atoms with Crippen LogP contribution in [0.1, 0.15) is 53.5 Å². The van der Waals surface area contributed by atoms with Gasteiger partial charge in [0.15, 0.2) is 5.79 Å². The molecule has 1 fully saturated rings. The van der Waals surface area contributed by atoms with Gasteiger partial charge in [-0.25, -0.2) is 8.42 Å². The van der Waals surface area contributed by atoms with Gasteiger partial charge in [0, 0.05) is 0 Å². The van der Waals surface area contributed by atoms with Gasteiger partial charge in [-0.1, -0.05) is 142 Å². The monoisotopic (exact) mass is 754 g/mol. The Morgan fingerprint density at radius 2 is 1.38 bits per heavy atom. The number of benzene rings is 4. The second kappa shape index (κ2) is 16.1. The normalized spacial score (nSPS) is 19.8. The van der Waals surface area contributed by atoms with E-state index in [2.05, 4.69) is 84.8 Å². The fraction of sp³-hybridized carbons (Fsp3) is 0.390. The zero-order valence-corrected chi connectivity index (χ0v) is 33.1. The van der Waals surface area contributed by atoms with Gasteiger partial charge in [0.1, 0.15) is 12.2 Å². The molecule has 0 amide bonds. The predicted molar refractivity (Wildman–Crippen MR) is 207 cm³/mol. The summed E-state index contributed by atoms with van der Waals surface area (Å²) in [4.78, 5) is 0. The van der Waals surface area contributed by atoms with Gasteiger partial charge < -0.3 is 18.6 Å². The van der Waals surface area contributed by atoms with Gasteiger partial charge in [0.2, 0.25) is 9.84 Å². The Kier molecular flexibility index (Phi) is 11.8. The third-order valence-corrected chi connectivity index (χ3v) is 16.4. The maximum Gasteiger partial charge on any atom is 0.272 e. The molecular weight excluding hydrogens is 705 g/mol. The van der Waals surface area contributed by atoms with E-state index in [0.717, 1.165) is 5.56 Å². The smallest absolute Gasteiger partial charge is 0.272 e. The molecule has 1 saturated heterocycles. The van der Waals surface area contributed by atoms with Gasteiger partial charge in [0.05, 0.1) is 30.8 Å². The molecule has 0 spiro atoms. The maximum absolute atomic E-state index is 13.8. The average molecular weight is 755 g/mol. The standard InChI is InChI=1S/C41H50N4O6SSi/c1-31(27-28-52(46,47)39-42-43-44-45(39)33-21-13-8-14-22-33)37-38(48-29-32-19-11-7-12-20-32)36(50-41(5,6)51-37)30-49-53(40(2,3)4,34-23-15-9-16-24-34)35-25-17-10-18-26-35/h7-26,31,36-38H,27-30H2,1-6H3/t31-,36+,37-,38+/m1/s1. The molecule has 0 aliphatic carbocycles. The van der Waals surface area contributed by atoms with E-state index in [9.17, 15) is 8.42 Å². The molecule has 0 saturated carbocycles. The largest absolute Gasteiger partial charge is 0.405 e. The highest BCUT2D eigenvalue weighted by Gasteiger charge is 2.53. The van der Waals surface area contributed by atoms with Crippen LogP contribution >= 0.6 is 0 Å². The number of sulfone groups is 1. The van der Waals surface area contributed by atoms with Crippen molar-refractivity contribution in [1.29, 1.82) is 0 Å². The lowest BCUT2D eigenvalue weighted by Crippen LogP contribution is -2.68. The Balaban J connectivity index is 1.31. The van der Waals surface area contributed by atoms with Crippen LogP contribution in [0.25, 0.3) is 5.69 Å². The van der Waals surface area contributed by atoms with Gasteiger partial charge in [0.25, 0.3) is 13.5 Å². The molecule has 280 valence electrons. The molecule has 4 atom stereocenters. The zero-order valence-electron chi connectivity index (χ0n) is 31.3. The topological polar surface area (TPSA) is 115 Å². The molecule has 0 N–H and O–H groups in total. The summed E-state index contributed by atoms with van der Waals surface area (Å²) in [7, 11) is -6.80. The average Bonchev–Trinajstić information content (AvgIpc) is 3.66. The van der Waals surface area contributed by atoms with Crippen LogP contribution in [0, 0.1) is 5.92 Å². The molecule has 0 radical (unpaired) electrons. The zero-order chi connectivity index (χ0) is 37.7. The van der Waals surface area contributed by atoms with Gasteiger partial charge >= 0.3 is 0 Å². The molecule has 0 unspecified atom stereocenters. The van der Waals surface area contributed by atoms with Crippen LogP contribution in [0.15, 0.2) is 126 Å². The summed E-state index contributed by atoms with van der Waals surface area (Å²) in [6.45, 7) is 13.1. The summed E-state index contributed by atoms with van der Waals surface area (Å²) in [6.07, 6.45) is -1.35. The minimum atomic E-state index is -3.87. The number of hydrogen-bond acceptors (Lipinski definition) is 9. The number of hydrogen-bond donors (Lipinski definition) is 0. The van der Waals surface area contributed by atoms with Crippen LogP contribution in [0.5, 0.6) is 0 Å². The second-order valence-electron chi connectivity index (χ2n) is 15.2. The molecule has 10 nitrogen and oxygen atoms in total. The number of nitrogens with zero attached hydrogens (tertiary/aromatic N) is 4. The molecule has 2 heterocycles. The number of para-hydroxylation sites is 1.